The Labute approximate surface area is 99.5 Å². The third kappa shape index (κ3) is 4.30. The van der Waals surface area contributed by atoms with Crippen LogP contribution in [0.1, 0.15) is 13.3 Å². The number of benzene rings is 1. The number of ether oxygens (including phenoxy) is 2. The molecule has 1 aromatic rings. The predicted octanol–water partition coefficient (Wildman–Crippen LogP) is 4.14. The summed E-state index contributed by atoms with van der Waals surface area (Å²) in [7, 11) is 0. The molecule has 0 spiro atoms. The summed E-state index contributed by atoms with van der Waals surface area (Å²) in [6.07, 6.45) is -4.00. The lowest BCUT2D eigenvalue weighted by Crippen LogP contribution is -2.17. The van der Waals surface area contributed by atoms with Crippen molar-refractivity contribution in [1.29, 1.82) is 0 Å². The van der Waals surface area contributed by atoms with Crippen LogP contribution in [-0.2, 0) is 0 Å². The summed E-state index contributed by atoms with van der Waals surface area (Å²) in [6, 6.07) is 4.11. The van der Waals surface area contributed by atoms with E-state index in [-0.39, 0.29) is 11.5 Å². The van der Waals surface area contributed by atoms with Crippen molar-refractivity contribution >= 4 is 15.9 Å². The minimum Gasteiger partial charge on any atom is -0.490 e. The fourth-order valence-corrected chi connectivity index (χ4v) is 1.36. The van der Waals surface area contributed by atoms with Crippen molar-refractivity contribution in [2.45, 2.75) is 19.7 Å². The van der Waals surface area contributed by atoms with Gasteiger partial charge in [-0.3, -0.25) is 0 Å². The Kier molecular flexibility index (Phi) is 4.46. The highest BCUT2D eigenvalue weighted by Crippen LogP contribution is 2.34. The van der Waals surface area contributed by atoms with Gasteiger partial charge in [-0.25, -0.2) is 0 Å². The topological polar surface area (TPSA) is 18.5 Å². The first kappa shape index (κ1) is 13.2. The second-order valence-electron chi connectivity index (χ2n) is 2.99. The van der Waals surface area contributed by atoms with Gasteiger partial charge in [-0.1, -0.05) is 22.9 Å². The van der Waals surface area contributed by atoms with Gasteiger partial charge in [-0.2, -0.15) is 0 Å². The molecule has 90 valence electrons. The van der Waals surface area contributed by atoms with Gasteiger partial charge in [0.05, 0.1) is 6.61 Å². The maximum absolute atomic E-state index is 12.1. The highest BCUT2D eigenvalue weighted by atomic mass is 79.9. The van der Waals surface area contributed by atoms with E-state index in [1.807, 2.05) is 6.92 Å². The van der Waals surface area contributed by atoms with E-state index < -0.39 is 6.36 Å². The van der Waals surface area contributed by atoms with Gasteiger partial charge in [0.25, 0.3) is 0 Å². The van der Waals surface area contributed by atoms with Crippen LogP contribution in [-0.4, -0.2) is 13.0 Å². The van der Waals surface area contributed by atoms with Gasteiger partial charge in [0.1, 0.15) is 0 Å². The van der Waals surface area contributed by atoms with Crippen LogP contribution in [0.15, 0.2) is 22.7 Å². The molecule has 0 saturated carbocycles. The monoisotopic (exact) mass is 298 g/mol. The van der Waals surface area contributed by atoms with Gasteiger partial charge in [0.2, 0.25) is 0 Å². The third-order valence-corrected chi connectivity index (χ3v) is 2.09. The molecule has 0 aromatic heterocycles. The van der Waals surface area contributed by atoms with E-state index in [2.05, 4.69) is 20.7 Å². The third-order valence-electron chi connectivity index (χ3n) is 1.59. The zero-order valence-electron chi connectivity index (χ0n) is 8.47. The highest BCUT2D eigenvalue weighted by Gasteiger charge is 2.32. The first-order chi connectivity index (χ1) is 7.42. The SMILES string of the molecule is CCCOc1cc(Br)ccc1OC(F)(F)F. The van der Waals surface area contributed by atoms with Crippen LogP contribution in [0.2, 0.25) is 0 Å². The van der Waals surface area contributed by atoms with E-state index >= 15 is 0 Å². The summed E-state index contributed by atoms with van der Waals surface area (Å²) < 4.78 is 45.8. The average molecular weight is 299 g/mol. The fourth-order valence-electron chi connectivity index (χ4n) is 1.02. The summed E-state index contributed by atoms with van der Waals surface area (Å²) in [4.78, 5) is 0. The van der Waals surface area contributed by atoms with Crippen LogP contribution in [0, 0.1) is 0 Å². The number of alkyl halides is 3. The van der Waals surface area contributed by atoms with E-state index in [4.69, 9.17) is 4.74 Å². The normalized spacial score (nSPS) is 11.3. The van der Waals surface area contributed by atoms with E-state index in [0.29, 0.717) is 17.5 Å². The van der Waals surface area contributed by atoms with Crippen molar-refractivity contribution < 1.29 is 22.6 Å². The Hall–Kier alpha value is -0.910. The van der Waals surface area contributed by atoms with Gasteiger partial charge in [0, 0.05) is 4.47 Å². The molecule has 0 atom stereocenters. The molecule has 0 radical (unpaired) electrons. The number of hydrogen-bond donors (Lipinski definition) is 0. The zero-order chi connectivity index (χ0) is 12.2. The molecule has 1 rings (SSSR count). The molecular weight excluding hydrogens is 289 g/mol. The molecule has 0 aliphatic heterocycles. The van der Waals surface area contributed by atoms with Gasteiger partial charge in [-0.15, -0.1) is 13.2 Å². The second-order valence-corrected chi connectivity index (χ2v) is 3.90. The Morgan fingerprint density at radius 2 is 1.94 bits per heavy atom. The summed E-state index contributed by atoms with van der Waals surface area (Å²) in [5.74, 6) is -0.252. The lowest BCUT2D eigenvalue weighted by atomic mass is 10.3. The van der Waals surface area contributed by atoms with Crippen molar-refractivity contribution in [3.63, 3.8) is 0 Å². The Bertz CT molecular complexity index is 352. The van der Waals surface area contributed by atoms with Crippen molar-refractivity contribution in [1.82, 2.24) is 0 Å². The average Bonchev–Trinajstić information content (AvgIpc) is 2.16. The number of rotatable bonds is 4. The first-order valence-electron chi connectivity index (χ1n) is 4.60. The van der Waals surface area contributed by atoms with E-state index in [0.717, 1.165) is 0 Å². The summed E-state index contributed by atoms with van der Waals surface area (Å²) in [5.41, 5.74) is 0. The molecule has 0 amide bonds. The quantitative estimate of drug-likeness (QED) is 0.832. The maximum atomic E-state index is 12.1. The molecule has 0 fully saturated rings. The largest absolute Gasteiger partial charge is 0.573 e. The summed E-state index contributed by atoms with van der Waals surface area (Å²) in [6.45, 7) is 2.20. The minimum atomic E-state index is -4.71. The van der Waals surface area contributed by atoms with Crippen LogP contribution < -0.4 is 9.47 Å². The van der Waals surface area contributed by atoms with Crippen molar-refractivity contribution in [2.24, 2.45) is 0 Å². The van der Waals surface area contributed by atoms with Crippen LogP contribution in [0.5, 0.6) is 11.5 Å². The molecular formula is C10H10BrF3O2. The van der Waals surface area contributed by atoms with Gasteiger partial charge in [-0.05, 0) is 24.6 Å². The number of halogens is 4. The maximum Gasteiger partial charge on any atom is 0.573 e. The molecule has 0 bridgehead atoms. The molecule has 6 heteroatoms. The Balaban J connectivity index is 2.89. The van der Waals surface area contributed by atoms with Crippen LogP contribution in [0.4, 0.5) is 13.2 Å². The van der Waals surface area contributed by atoms with Crippen LogP contribution >= 0.6 is 15.9 Å². The zero-order valence-corrected chi connectivity index (χ0v) is 10.1. The lowest BCUT2D eigenvalue weighted by molar-refractivity contribution is -0.275. The lowest BCUT2D eigenvalue weighted by Gasteiger charge is -2.13. The van der Waals surface area contributed by atoms with E-state index in [1.165, 1.54) is 18.2 Å². The standard InChI is InChI=1S/C10H10BrF3O2/c1-2-5-15-9-6-7(11)3-4-8(9)16-10(12,13)14/h3-4,6H,2,5H2,1H3. The predicted molar refractivity (Wildman–Crippen MR) is 56.6 cm³/mol. The Morgan fingerprint density at radius 1 is 1.25 bits per heavy atom. The molecule has 0 aliphatic rings. The molecule has 0 unspecified atom stereocenters. The molecule has 0 heterocycles. The van der Waals surface area contributed by atoms with Crippen LogP contribution in [0.25, 0.3) is 0 Å². The molecule has 1 aromatic carbocycles. The molecule has 0 N–H and O–H groups in total. The fraction of sp³-hybridized carbons (Fsp3) is 0.400. The van der Waals surface area contributed by atoms with Crippen LogP contribution in [0.3, 0.4) is 0 Å². The smallest absolute Gasteiger partial charge is 0.490 e. The highest BCUT2D eigenvalue weighted by molar-refractivity contribution is 9.10. The van der Waals surface area contributed by atoms with E-state index in [9.17, 15) is 13.2 Å². The molecule has 16 heavy (non-hydrogen) atoms. The van der Waals surface area contributed by atoms with Crippen molar-refractivity contribution in [3.8, 4) is 11.5 Å². The van der Waals surface area contributed by atoms with Crippen molar-refractivity contribution in [3.05, 3.63) is 22.7 Å². The molecule has 0 aliphatic carbocycles. The molecule has 2 nitrogen and oxygen atoms in total. The van der Waals surface area contributed by atoms with Crippen molar-refractivity contribution in [2.75, 3.05) is 6.61 Å². The van der Waals surface area contributed by atoms with Gasteiger partial charge < -0.3 is 9.47 Å². The van der Waals surface area contributed by atoms with E-state index in [1.54, 1.807) is 0 Å². The summed E-state index contributed by atoms with van der Waals surface area (Å²) >= 11 is 3.15. The van der Waals surface area contributed by atoms with Gasteiger partial charge in [0.15, 0.2) is 11.5 Å². The number of hydrogen-bond acceptors (Lipinski definition) is 2. The minimum absolute atomic E-state index is 0.0774. The first-order valence-corrected chi connectivity index (χ1v) is 5.40. The second kappa shape index (κ2) is 5.43. The van der Waals surface area contributed by atoms with Gasteiger partial charge >= 0.3 is 6.36 Å². The molecule has 0 saturated heterocycles. The Morgan fingerprint density at radius 3 is 2.50 bits per heavy atom. The summed E-state index contributed by atoms with van der Waals surface area (Å²) in [5, 5.41) is 0.